The van der Waals surface area contributed by atoms with E-state index < -0.39 is 0 Å². The van der Waals surface area contributed by atoms with Crippen molar-refractivity contribution in [1.29, 1.82) is 0 Å². The van der Waals surface area contributed by atoms with Crippen LogP contribution in [0.25, 0.3) is 0 Å². The lowest BCUT2D eigenvalue weighted by atomic mass is 9.97. The Kier molecular flexibility index (Phi) is 5.57. The fourth-order valence-electron chi connectivity index (χ4n) is 2.13. The summed E-state index contributed by atoms with van der Waals surface area (Å²) >= 11 is 5.64. The maximum absolute atomic E-state index is 5.64. The van der Waals surface area contributed by atoms with Crippen molar-refractivity contribution in [2.45, 2.75) is 52.0 Å². The molecule has 1 aliphatic carbocycles. The van der Waals surface area contributed by atoms with Gasteiger partial charge in [0, 0.05) is 18.1 Å². The van der Waals surface area contributed by atoms with Gasteiger partial charge in [-0.1, -0.05) is 37.8 Å². The smallest absolute Gasteiger partial charge is 0.0176 e. The summed E-state index contributed by atoms with van der Waals surface area (Å²) in [5.41, 5.74) is 2.90. The van der Waals surface area contributed by atoms with Crippen LogP contribution >= 0.6 is 11.6 Å². The minimum atomic E-state index is 0.698. The van der Waals surface area contributed by atoms with Crippen LogP contribution in [0.15, 0.2) is 11.1 Å². The first kappa shape index (κ1) is 12.1. The van der Waals surface area contributed by atoms with Crippen LogP contribution in [0, 0.1) is 5.92 Å². The van der Waals surface area contributed by atoms with Crippen molar-refractivity contribution in [2.75, 3.05) is 6.54 Å². The van der Waals surface area contributed by atoms with Gasteiger partial charge < -0.3 is 5.32 Å². The zero-order chi connectivity index (χ0) is 10.4. The summed E-state index contributed by atoms with van der Waals surface area (Å²) in [6.45, 7) is 5.38. The summed E-state index contributed by atoms with van der Waals surface area (Å²) in [6.07, 6.45) is 6.90. The lowest BCUT2D eigenvalue weighted by molar-refractivity contribution is 0.367. The molecule has 1 N–H and O–H groups in total. The van der Waals surface area contributed by atoms with Crippen molar-refractivity contribution < 1.29 is 0 Å². The Morgan fingerprint density at radius 1 is 1.36 bits per heavy atom. The maximum atomic E-state index is 5.64. The Hall–Kier alpha value is -0.0100. The zero-order valence-corrected chi connectivity index (χ0v) is 10.1. The lowest BCUT2D eigenvalue weighted by Gasteiger charge is -2.22. The van der Waals surface area contributed by atoms with Gasteiger partial charge in [0.25, 0.3) is 0 Å². The molecule has 0 aromatic rings. The van der Waals surface area contributed by atoms with E-state index in [1.807, 2.05) is 0 Å². The number of nitrogens with one attached hydrogen (secondary N) is 1. The molecule has 0 radical (unpaired) electrons. The first-order chi connectivity index (χ1) is 6.74. The van der Waals surface area contributed by atoms with Gasteiger partial charge in [0.05, 0.1) is 0 Å². The van der Waals surface area contributed by atoms with E-state index in [0.717, 1.165) is 12.5 Å². The molecule has 0 aromatic heterocycles. The van der Waals surface area contributed by atoms with Crippen molar-refractivity contribution in [3.8, 4) is 0 Å². The van der Waals surface area contributed by atoms with Gasteiger partial charge in [0.2, 0.25) is 0 Å². The standard InChI is InChI=1S/C12H22ClN/c1-10(8-13)9-14-12-7-5-3-4-6-11(12)2/h8,11-12,14H,3-7,9H2,1-2H3. The van der Waals surface area contributed by atoms with Crippen molar-refractivity contribution in [1.82, 2.24) is 5.32 Å². The first-order valence-corrected chi connectivity index (χ1v) is 6.17. The van der Waals surface area contributed by atoms with Crippen LogP contribution < -0.4 is 5.32 Å². The molecule has 0 aromatic carbocycles. The molecule has 0 spiro atoms. The predicted molar refractivity (Wildman–Crippen MR) is 63.6 cm³/mol. The Bertz CT molecular complexity index is 189. The number of rotatable bonds is 3. The number of halogens is 1. The fraction of sp³-hybridized carbons (Fsp3) is 0.833. The van der Waals surface area contributed by atoms with Crippen LogP contribution in [0.1, 0.15) is 46.0 Å². The number of hydrogen-bond donors (Lipinski definition) is 1. The molecule has 1 fully saturated rings. The third-order valence-corrected chi connectivity index (χ3v) is 3.56. The van der Waals surface area contributed by atoms with Gasteiger partial charge in [0.15, 0.2) is 0 Å². The Morgan fingerprint density at radius 3 is 2.79 bits per heavy atom. The SMILES string of the molecule is CC(=CCl)CNC1CCCCCC1C. The molecular formula is C12H22ClN. The highest BCUT2D eigenvalue weighted by molar-refractivity contribution is 6.25. The summed E-state index contributed by atoms with van der Waals surface area (Å²) in [7, 11) is 0. The molecule has 14 heavy (non-hydrogen) atoms. The van der Waals surface area contributed by atoms with E-state index in [0.29, 0.717) is 6.04 Å². The molecule has 0 bridgehead atoms. The zero-order valence-electron chi connectivity index (χ0n) is 9.35. The Morgan fingerprint density at radius 2 is 2.07 bits per heavy atom. The molecule has 1 aliphatic rings. The van der Waals surface area contributed by atoms with Crippen molar-refractivity contribution in [3.63, 3.8) is 0 Å². The molecule has 1 saturated carbocycles. The molecule has 2 heteroatoms. The molecule has 0 heterocycles. The van der Waals surface area contributed by atoms with Gasteiger partial charge in [-0.05, 0) is 31.3 Å². The molecule has 82 valence electrons. The highest BCUT2D eigenvalue weighted by Crippen LogP contribution is 2.22. The Balaban J connectivity index is 2.33. The summed E-state index contributed by atoms with van der Waals surface area (Å²) in [4.78, 5) is 0. The second kappa shape index (κ2) is 6.47. The van der Waals surface area contributed by atoms with E-state index >= 15 is 0 Å². The van der Waals surface area contributed by atoms with Crippen LogP contribution in [0.3, 0.4) is 0 Å². The molecule has 0 aliphatic heterocycles. The van der Waals surface area contributed by atoms with E-state index in [1.165, 1.54) is 37.7 Å². The molecule has 0 amide bonds. The average molecular weight is 216 g/mol. The lowest BCUT2D eigenvalue weighted by Crippen LogP contribution is -2.35. The predicted octanol–water partition coefficient (Wildman–Crippen LogP) is 3.69. The summed E-state index contributed by atoms with van der Waals surface area (Å²) in [6, 6.07) is 0.698. The van der Waals surface area contributed by atoms with Crippen molar-refractivity contribution in [3.05, 3.63) is 11.1 Å². The molecule has 0 saturated heterocycles. The van der Waals surface area contributed by atoms with Crippen molar-refractivity contribution in [2.24, 2.45) is 5.92 Å². The van der Waals surface area contributed by atoms with Gasteiger partial charge >= 0.3 is 0 Å². The third kappa shape index (κ3) is 4.02. The van der Waals surface area contributed by atoms with E-state index in [2.05, 4.69) is 19.2 Å². The fourth-order valence-corrected chi connectivity index (χ4v) is 2.20. The van der Waals surface area contributed by atoms with Crippen LogP contribution in [0.2, 0.25) is 0 Å². The van der Waals surface area contributed by atoms with Crippen LogP contribution in [-0.2, 0) is 0 Å². The van der Waals surface area contributed by atoms with Gasteiger partial charge in [-0.25, -0.2) is 0 Å². The molecule has 1 rings (SSSR count). The first-order valence-electron chi connectivity index (χ1n) is 5.73. The molecule has 2 atom stereocenters. The van der Waals surface area contributed by atoms with Crippen LogP contribution in [0.4, 0.5) is 0 Å². The monoisotopic (exact) mass is 215 g/mol. The topological polar surface area (TPSA) is 12.0 Å². The summed E-state index contributed by atoms with van der Waals surface area (Å²) < 4.78 is 0. The van der Waals surface area contributed by atoms with Gasteiger partial charge in [0.1, 0.15) is 0 Å². The molecule has 2 unspecified atom stereocenters. The van der Waals surface area contributed by atoms with Crippen LogP contribution in [-0.4, -0.2) is 12.6 Å². The maximum Gasteiger partial charge on any atom is 0.0176 e. The highest BCUT2D eigenvalue weighted by Gasteiger charge is 2.18. The highest BCUT2D eigenvalue weighted by atomic mass is 35.5. The van der Waals surface area contributed by atoms with E-state index in [-0.39, 0.29) is 0 Å². The number of hydrogen-bond acceptors (Lipinski definition) is 1. The summed E-state index contributed by atoms with van der Waals surface area (Å²) in [5, 5.41) is 3.61. The van der Waals surface area contributed by atoms with Crippen molar-refractivity contribution >= 4 is 11.6 Å². The third-order valence-electron chi connectivity index (χ3n) is 3.19. The van der Waals surface area contributed by atoms with Crippen LogP contribution in [0.5, 0.6) is 0 Å². The van der Waals surface area contributed by atoms with E-state index in [1.54, 1.807) is 5.54 Å². The van der Waals surface area contributed by atoms with E-state index in [4.69, 9.17) is 11.6 Å². The molecular weight excluding hydrogens is 194 g/mol. The second-order valence-electron chi connectivity index (χ2n) is 4.56. The van der Waals surface area contributed by atoms with Gasteiger partial charge in [-0.2, -0.15) is 0 Å². The van der Waals surface area contributed by atoms with Gasteiger partial charge in [-0.3, -0.25) is 0 Å². The minimum absolute atomic E-state index is 0.698. The second-order valence-corrected chi connectivity index (χ2v) is 4.78. The molecule has 1 nitrogen and oxygen atoms in total. The minimum Gasteiger partial charge on any atom is -0.310 e. The largest absolute Gasteiger partial charge is 0.310 e. The quantitative estimate of drug-likeness (QED) is 0.709. The Labute approximate surface area is 92.9 Å². The van der Waals surface area contributed by atoms with Gasteiger partial charge in [-0.15, -0.1) is 0 Å². The summed E-state index contributed by atoms with van der Waals surface area (Å²) in [5.74, 6) is 0.820. The van der Waals surface area contributed by atoms with E-state index in [9.17, 15) is 0 Å². The average Bonchev–Trinajstić information content (AvgIpc) is 2.39. The normalized spacial score (nSPS) is 30.1.